The normalized spacial score (nSPS) is 11.7. The summed E-state index contributed by atoms with van der Waals surface area (Å²) >= 11 is 0. The molecule has 0 fully saturated rings. The van der Waals surface area contributed by atoms with E-state index in [9.17, 15) is 53.9 Å². The highest BCUT2D eigenvalue weighted by atomic mass is 19.4. The maximum atomic E-state index is 11.3. The van der Waals surface area contributed by atoms with E-state index < -0.39 is 97.3 Å². The van der Waals surface area contributed by atoms with Crippen molar-refractivity contribution in [2.75, 3.05) is 78.5 Å². The lowest BCUT2D eigenvalue weighted by Gasteiger charge is -2.35. The fraction of sp³-hybridized carbons (Fsp3) is 0.786. The van der Waals surface area contributed by atoms with Gasteiger partial charge in [-0.05, 0) is 104 Å². The Balaban J connectivity index is -0.0000000802. The number of carbonyl (C=O) groups is 9. The van der Waals surface area contributed by atoms with Crippen molar-refractivity contribution in [1.82, 2.24) is 0 Å². The molecule has 24 nitrogen and oxygen atoms in total. The van der Waals surface area contributed by atoms with Crippen LogP contribution in [-0.2, 0) is 43.2 Å². The molecule has 0 saturated heterocycles. The van der Waals surface area contributed by atoms with E-state index in [0.717, 1.165) is 0 Å². The molecule has 76 heavy (non-hydrogen) atoms. The maximum Gasteiger partial charge on any atom is 0.414 e. The number of quaternary nitrogens is 3. The smallest absolute Gasteiger partial charge is 0.414 e. The molecule has 0 rings (SSSR count). The minimum Gasteiger partial charge on any atom is -0.907 e. The highest BCUT2D eigenvalue weighted by Crippen LogP contribution is 2.26. The van der Waals surface area contributed by atoms with Gasteiger partial charge in [0.1, 0.15) is 17.8 Å². The summed E-state index contributed by atoms with van der Waals surface area (Å²) in [5.41, 5.74) is 0. The lowest BCUT2D eigenvalue weighted by molar-refractivity contribution is -0.921. The lowest BCUT2D eigenvalue weighted by atomic mass is 10.2. The van der Waals surface area contributed by atoms with Crippen molar-refractivity contribution >= 4 is 61.0 Å². The summed E-state index contributed by atoms with van der Waals surface area (Å²) in [5.74, 6) is -23.3. The van der Waals surface area contributed by atoms with Crippen LogP contribution in [0.2, 0.25) is 0 Å². The Labute approximate surface area is 436 Å². The number of hydrogen-bond acceptors (Lipinski definition) is 12. The number of halogens is 9. The number of carboxylic acid groups (broad SMARTS) is 9. The average Bonchev–Trinajstić information content (AvgIpc) is 3.31. The molecule has 456 valence electrons. The van der Waals surface area contributed by atoms with Crippen LogP contribution in [0.25, 0.3) is 0 Å². The van der Waals surface area contributed by atoms with Crippen LogP contribution in [0.1, 0.15) is 104 Å². The number of rotatable bonds is 15. The van der Waals surface area contributed by atoms with Gasteiger partial charge in [0.2, 0.25) is 0 Å². The molecule has 34 heteroatoms. The van der Waals surface area contributed by atoms with Crippen LogP contribution in [0.3, 0.4) is 0 Å². The first kappa shape index (κ1) is 93.0. The van der Waals surface area contributed by atoms with Crippen LogP contribution in [-0.4, -0.2) is 218 Å². The Morgan fingerprint density at radius 1 is 0.316 bits per heavy atom. The molecule has 0 radical (unpaired) electrons. The van der Waals surface area contributed by atoms with Crippen LogP contribution in [0.15, 0.2) is 0 Å². The van der Waals surface area contributed by atoms with Crippen molar-refractivity contribution in [3.05, 3.63) is 0 Å². The second-order valence-electron chi connectivity index (χ2n) is 14.7. The molecule has 0 aromatic heterocycles. The van der Waals surface area contributed by atoms with Crippen LogP contribution in [0.5, 0.6) is 0 Å². The zero-order valence-corrected chi connectivity index (χ0v) is 45.5. The van der Waals surface area contributed by atoms with Crippen molar-refractivity contribution in [1.29, 1.82) is 0 Å². The molecule has 0 spiro atoms. The van der Waals surface area contributed by atoms with E-state index in [1.54, 1.807) is 0 Å². The van der Waals surface area contributed by atoms with Gasteiger partial charge in [0.15, 0.2) is 0 Å². The Kier molecular flexibility index (Phi) is 60.0. The quantitative estimate of drug-likeness (QED) is 0.0492. The summed E-state index contributed by atoms with van der Waals surface area (Å²) in [6.45, 7) is 44.5. The molecule has 0 aliphatic rings. The molecule has 0 aliphatic carbocycles. The summed E-state index contributed by atoms with van der Waals surface area (Å²) in [5, 5.41) is 93.0. The molecule has 0 saturated carbocycles. The molecule has 0 aliphatic heterocycles. The van der Waals surface area contributed by atoms with E-state index in [4.69, 9.17) is 89.8 Å². The van der Waals surface area contributed by atoms with E-state index in [-0.39, 0.29) is 0 Å². The number of hydrogen-bond donors (Lipinski definition) is 9. The molecular formula is C42H81BF9N3O21. The minimum absolute atomic E-state index is 0.600. The summed E-state index contributed by atoms with van der Waals surface area (Å²) in [6.07, 6.45) is -13.9. The number of nitrogens with zero attached hydrogens (tertiary/aromatic N) is 3. The van der Waals surface area contributed by atoms with Gasteiger partial charge in [-0.1, -0.05) is 0 Å². The van der Waals surface area contributed by atoms with Crippen LogP contribution in [0, 0.1) is 17.8 Å². The molecule has 0 bridgehead atoms. The summed E-state index contributed by atoms with van der Waals surface area (Å²) in [4.78, 5) is 83.5. The summed E-state index contributed by atoms with van der Waals surface area (Å²) < 4.78 is 106. The average molecular weight is 1150 g/mol. The third-order valence-electron chi connectivity index (χ3n) is 11.2. The van der Waals surface area contributed by atoms with Gasteiger partial charge < -0.3 is 74.5 Å². The van der Waals surface area contributed by atoms with Crippen molar-refractivity contribution < 1.29 is 157 Å². The fourth-order valence-electron chi connectivity index (χ4n) is 4.44. The van der Waals surface area contributed by atoms with E-state index in [1.807, 2.05) is 0 Å². The van der Waals surface area contributed by atoms with E-state index in [1.165, 1.54) is 92.0 Å². The van der Waals surface area contributed by atoms with Crippen LogP contribution in [0.4, 0.5) is 39.5 Å². The Morgan fingerprint density at radius 3 is 0.395 bits per heavy atom. The SMILES string of the molecule is CC(C(=O)O)C(F)(F)F.CC(C(=O)O)C(F)(F)F.CC(C(=O)O)C(F)(F)F.CC[N+](CC)(CC)CC.CC[N+](CC)(CC)CC.CC[N+](CC)(CC)CC.O=C(O)C(=O)O.O=C(O)C(=O)O.O=C(O)C(=O)O.[O-]B([O-])[O-]. The first-order valence-electron chi connectivity index (χ1n) is 22.8. The van der Waals surface area contributed by atoms with Gasteiger partial charge >= 0.3 is 72.3 Å². The van der Waals surface area contributed by atoms with Crippen molar-refractivity contribution in [2.24, 2.45) is 17.8 Å². The van der Waals surface area contributed by atoms with Gasteiger partial charge in [-0.15, -0.1) is 0 Å². The first-order valence-corrected chi connectivity index (χ1v) is 22.8. The topological polar surface area (TPSA) is 405 Å². The second-order valence-corrected chi connectivity index (χ2v) is 14.7. The highest BCUT2D eigenvalue weighted by Gasteiger charge is 2.42. The van der Waals surface area contributed by atoms with E-state index in [2.05, 4.69) is 83.1 Å². The Morgan fingerprint density at radius 2 is 0.395 bits per heavy atom. The maximum absolute atomic E-state index is 11.3. The van der Waals surface area contributed by atoms with E-state index >= 15 is 0 Å². The van der Waals surface area contributed by atoms with Crippen molar-refractivity contribution in [3.63, 3.8) is 0 Å². The molecule has 3 unspecified atom stereocenters. The van der Waals surface area contributed by atoms with Crippen LogP contribution >= 0.6 is 0 Å². The van der Waals surface area contributed by atoms with Gasteiger partial charge in [-0.25, -0.2) is 28.8 Å². The highest BCUT2D eigenvalue weighted by molar-refractivity contribution is 6.28. The third kappa shape index (κ3) is 59.3. The lowest BCUT2D eigenvalue weighted by Crippen LogP contribution is -2.56. The van der Waals surface area contributed by atoms with Crippen molar-refractivity contribution in [2.45, 2.75) is 122 Å². The van der Waals surface area contributed by atoms with Gasteiger partial charge in [0, 0.05) is 0 Å². The van der Waals surface area contributed by atoms with Gasteiger partial charge in [-0.2, -0.15) is 39.5 Å². The molecule has 0 amide bonds. The van der Waals surface area contributed by atoms with Crippen LogP contribution < -0.4 is 15.1 Å². The number of aliphatic carboxylic acids is 9. The first-order chi connectivity index (χ1) is 34.0. The van der Waals surface area contributed by atoms with Gasteiger partial charge in [-0.3, -0.25) is 21.7 Å². The molecule has 9 N–H and O–H groups in total. The third-order valence-corrected chi connectivity index (χ3v) is 11.2. The molecule has 3 atom stereocenters. The fourth-order valence-corrected chi connectivity index (χ4v) is 4.44. The molecule has 0 heterocycles. The van der Waals surface area contributed by atoms with Gasteiger partial charge in [0.25, 0.3) is 0 Å². The standard InChI is InChI=1S/3C8H20N.3C4H5F3O2.3C2H2O4.BO3/c3*1-5-9(6-2,7-3)8-4;3*1-2(3(8)9)4(5,6)7;3*3-1(4)2(5)6;2-1(3)4/h3*5-8H2,1-4H3;3*2H,1H3,(H,8,9);3*(H,3,4)(H,5,6);/q3*+1;;;;;;;-3. The molecule has 0 aromatic carbocycles. The monoisotopic (exact) mass is 1150 g/mol. The predicted molar refractivity (Wildman–Crippen MR) is 247 cm³/mol. The Bertz CT molecular complexity index is 1330. The summed E-state index contributed by atoms with van der Waals surface area (Å²) in [7, 11) is -2.92. The Hall–Kier alpha value is -5.58. The molecular weight excluding hydrogens is 1060 g/mol. The van der Waals surface area contributed by atoms with E-state index in [0.29, 0.717) is 20.8 Å². The predicted octanol–water partition coefficient (Wildman–Crippen LogP) is 2.98. The largest absolute Gasteiger partial charge is 0.907 e. The molecule has 0 aromatic rings. The minimum atomic E-state index is -4.62. The number of carboxylic acids is 9. The zero-order valence-electron chi connectivity index (χ0n) is 45.5. The van der Waals surface area contributed by atoms with Gasteiger partial charge in [0.05, 0.1) is 78.5 Å². The summed E-state index contributed by atoms with van der Waals surface area (Å²) in [6, 6.07) is 0. The van der Waals surface area contributed by atoms with Crippen molar-refractivity contribution in [3.8, 4) is 0 Å². The number of alkyl halides is 9. The second kappa shape index (κ2) is 49.0. The zero-order chi connectivity index (χ0) is 64.0.